The molecule has 2 rings (SSSR count). The highest BCUT2D eigenvalue weighted by molar-refractivity contribution is 5.90. The van der Waals surface area contributed by atoms with Crippen molar-refractivity contribution in [2.24, 2.45) is 5.92 Å². The first-order valence-corrected chi connectivity index (χ1v) is 8.41. The Labute approximate surface area is 147 Å². The number of benzene rings is 1. The summed E-state index contributed by atoms with van der Waals surface area (Å²) in [7, 11) is 0. The Morgan fingerprint density at radius 3 is 2.80 bits per heavy atom. The molecule has 0 aliphatic rings. The number of urea groups is 1. The van der Waals surface area contributed by atoms with Crippen LogP contribution in [0, 0.1) is 12.8 Å². The second kappa shape index (κ2) is 8.11. The minimum atomic E-state index is -0.928. The summed E-state index contributed by atoms with van der Waals surface area (Å²) in [6.45, 7) is 8.03. The molecule has 1 atom stereocenters. The first kappa shape index (κ1) is 18.9. The van der Waals surface area contributed by atoms with Crippen LogP contribution in [0.2, 0.25) is 0 Å². The van der Waals surface area contributed by atoms with Crippen LogP contribution in [-0.2, 0) is 0 Å². The van der Waals surface area contributed by atoms with Crippen LogP contribution in [0.3, 0.4) is 0 Å². The van der Waals surface area contributed by atoms with Crippen LogP contribution >= 0.6 is 0 Å². The minimum absolute atomic E-state index is 0.188. The average molecular weight is 346 g/mol. The number of carbonyl (C=O) groups is 1. The van der Waals surface area contributed by atoms with Gasteiger partial charge in [-0.3, -0.25) is 0 Å². The number of aromatic nitrogens is 2. The number of carbonyl (C=O) groups excluding carboxylic acids is 1. The lowest BCUT2D eigenvalue weighted by Gasteiger charge is -2.24. The van der Waals surface area contributed by atoms with Crippen molar-refractivity contribution in [3.8, 4) is 11.5 Å². The monoisotopic (exact) mass is 346 g/mol. The van der Waals surface area contributed by atoms with Crippen molar-refractivity contribution < 1.29 is 14.3 Å². The van der Waals surface area contributed by atoms with E-state index in [9.17, 15) is 9.90 Å². The molecule has 1 unspecified atom stereocenters. The number of hydrogen-bond donors (Lipinski definition) is 3. The number of amides is 2. The molecular weight excluding hydrogens is 320 g/mol. The van der Waals surface area contributed by atoms with Crippen LogP contribution < -0.4 is 10.6 Å². The van der Waals surface area contributed by atoms with Crippen molar-refractivity contribution in [2.45, 2.75) is 46.1 Å². The molecule has 7 heteroatoms. The zero-order valence-corrected chi connectivity index (χ0v) is 15.2. The van der Waals surface area contributed by atoms with Crippen molar-refractivity contribution in [1.29, 1.82) is 0 Å². The number of aliphatic hydroxyl groups is 1. The summed E-state index contributed by atoms with van der Waals surface area (Å²) >= 11 is 0. The first-order chi connectivity index (χ1) is 11.8. The van der Waals surface area contributed by atoms with Gasteiger partial charge < -0.3 is 20.2 Å². The molecule has 1 aromatic carbocycles. The summed E-state index contributed by atoms with van der Waals surface area (Å²) in [6.07, 6.45) is 2.80. The maximum atomic E-state index is 12.2. The molecular formula is C18H26N4O3. The third-order valence-electron chi connectivity index (χ3n) is 3.98. The molecule has 2 amide bonds. The van der Waals surface area contributed by atoms with E-state index in [0.29, 0.717) is 23.9 Å². The topological polar surface area (TPSA) is 100 Å². The number of nitrogens with one attached hydrogen (secondary N) is 2. The largest absolute Gasteiger partial charge is 0.423 e. The molecule has 2 aromatic rings. The van der Waals surface area contributed by atoms with Gasteiger partial charge in [0.2, 0.25) is 12.3 Å². The SMILES string of the molecule is Cc1ccc(-c2nnco2)cc1NC(=O)NCC(C)(O)CCC(C)C. The lowest BCUT2D eigenvalue weighted by atomic mass is 9.95. The Kier molecular flexibility index (Phi) is 6.14. The Morgan fingerprint density at radius 1 is 1.40 bits per heavy atom. The first-order valence-electron chi connectivity index (χ1n) is 8.41. The maximum Gasteiger partial charge on any atom is 0.319 e. The summed E-state index contributed by atoms with van der Waals surface area (Å²) in [4.78, 5) is 12.2. The second-order valence-corrected chi connectivity index (χ2v) is 7.01. The summed E-state index contributed by atoms with van der Waals surface area (Å²) < 4.78 is 5.17. The molecule has 0 spiro atoms. The Balaban J connectivity index is 1.95. The lowest BCUT2D eigenvalue weighted by molar-refractivity contribution is 0.0481. The quantitative estimate of drug-likeness (QED) is 0.714. The molecule has 0 aliphatic heterocycles. The number of hydrogen-bond acceptors (Lipinski definition) is 5. The standard InChI is InChI=1S/C18H26N4O3/c1-12(2)7-8-18(4,24)10-19-17(23)21-15-9-14(6-5-13(15)3)16-22-20-11-25-16/h5-6,9,11-12,24H,7-8,10H2,1-4H3,(H2,19,21,23). The van der Waals surface area contributed by atoms with Crippen LogP contribution in [0.4, 0.5) is 10.5 Å². The van der Waals surface area contributed by atoms with Crippen molar-refractivity contribution >= 4 is 11.7 Å². The average Bonchev–Trinajstić information content (AvgIpc) is 3.08. The molecule has 0 bridgehead atoms. The van der Waals surface area contributed by atoms with Gasteiger partial charge in [0.15, 0.2) is 0 Å². The fraction of sp³-hybridized carbons (Fsp3) is 0.500. The van der Waals surface area contributed by atoms with E-state index in [4.69, 9.17) is 4.42 Å². The number of anilines is 1. The summed E-state index contributed by atoms with van der Waals surface area (Å²) in [5.41, 5.74) is 1.35. The highest BCUT2D eigenvalue weighted by Gasteiger charge is 2.21. The van der Waals surface area contributed by atoms with Gasteiger partial charge in [-0.15, -0.1) is 10.2 Å². The van der Waals surface area contributed by atoms with Crippen molar-refractivity contribution in [3.63, 3.8) is 0 Å². The van der Waals surface area contributed by atoms with E-state index < -0.39 is 5.60 Å². The molecule has 136 valence electrons. The van der Waals surface area contributed by atoms with Crippen molar-refractivity contribution in [3.05, 3.63) is 30.2 Å². The smallest absolute Gasteiger partial charge is 0.319 e. The number of aryl methyl sites for hydroxylation is 1. The van der Waals surface area contributed by atoms with Gasteiger partial charge in [0, 0.05) is 17.8 Å². The Morgan fingerprint density at radius 2 is 2.16 bits per heavy atom. The summed E-state index contributed by atoms with van der Waals surface area (Å²) in [5, 5.41) is 23.4. The molecule has 0 saturated heterocycles. The molecule has 1 aromatic heterocycles. The second-order valence-electron chi connectivity index (χ2n) is 7.01. The van der Waals surface area contributed by atoms with Gasteiger partial charge in [-0.1, -0.05) is 19.9 Å². The van der Waals surface area contributed by atoms with E-state index >= 15 is 0 Å². The van der Waals surface area contributed by atoms with Gasteiger partial charge >= 0.3 is 6.03 Å². The fourth-order valence-corrected chi connectivity index (χ4v) is 2.31. The number of nitrogens with zero attached hydrogens (tertiary/aromatic N) is 2. The van der Waals surface area contributed by atoms with Crippen LogP contribution in [0.15, 0.2) is 29.0 Å². The van der Waals surface area contributed by atoms with E-state index in [1.807, 2.05) is 19.1 Å². The van der Waals surface area contributed by atoms with Gasteiger partial charge in [0.25, 0.3) is 0 Å². The van der Waals surface area contributed by atoms with E-state index in [1.165, 1.54) is 6.39 Å². The zero-order valence-electron chi connectivity index (χ0n) is 15.2. The van der Waals surface area contributed by atoms with Gasteiger partial charge in [0.1, 0.15) is 0 Å². The summed E-state index contributed by atoms with van der Waals surface area (Å²) in [6, 6.07) is 5.13. The van der Waals surface area contributed by atoms with Gasteiger partial charge in [-0.05, 0) is 50.3 Å². The van der Waals surface area contributed by atoms with Gasteiger partial charge in [-0.2, -0.15) is 0 Å². The highest BCUT2D eigenvalue weighted by Crippen LogP contribution is 2.24. The minimum Gasteiger partial charge on any atom is -0.423 e. The van der Waals surface area contributed by atoms with Gasteiger partial charge in [0.05, 0.1) is 5.60 Å². The van der Waals surface area contributed by atoms with E-state index in [2.05, 4.69) is 34.7 Å². The van der Waals surface area contributed by atoms with Crippen LogP contribution in [0.25, 0.3) is 11.5 Å². The maximum absolute atomic E-state index is 12.2. The third-order valence-corrected chi connectivity index (χ3v) is 3.98. The van der Waals surface area contributed by atoms with Crippen molar-refractivity contribution in [2.75, 3.05) is 11.9 Å². The molecule has 1 heterocycles. The highest BCUT2D eigenvalue weighted by atomic mass is 16.4. The predicted octanol–water partition coefficient (Wildman–Crippen LogP) is 3.35. The molecule has 25 heavy (non-hydrogen) atoms. The zero-order chi connectivity index (χ0) is 18.4. The normalized spacial score (nSPS) is 13.5. The van der Waals surface area contributed by atoms with Crippen molar-refractivity contribution in [1.82, 2.24) is 15.5 Å². The fourth-order valence-electron chi connectivity index (χ4n) is 2.31. The molecule has 0 fully saturated rings. The van der Waals surface area contributed by atoms with Gasteiger partial charge in [-0.25, -0.2) is 4.79 Å². The Hall–Kier alpha value is -2.41. The van der Waals surface area contributed by atoms with Crippen LogP contribution in [-0.4, -0.2) is 33.5 Å². The lowest BCUT2D eigenvalue weighted by Crippen LogP contribution is -2.42. The Bertz CT molecular complexity index is 696. The third kappa shape index (κ3) is 5.86. The van der Waals surface area contributed by atoms with Crippen LogP contribution in [0.5, 0.6) is 0 Å². The van der Waals surface area contributed by atoms with Crippen LogP contribution in [0.1, 0.15) is 39.2 Å². The molecule has 0 radical (unpaired) electrons. The van der Waals surface area contributed by atoms with E-state index in [1.54, 1.807) is 13.0 Å². The molecule has 7 nitrogen and oxygen atoms in total. The van der Waals surface area contributed by atoms with E-state index in [-0.39, 0.29) is 12.6 Å². The summed E-state index contributed by atoms with van der Waals surface area (Å²) in [5.74, 6) is 0.899. The molecule has 0 aliphatic carbocycles. The number of rotatable bonds is 7. The molecule has 0 saturated carbocycles. The molecule has 3 N–H and O–H groups in total. The predicted molar refractivity (Wildman–Crippen MR) is 96.2 cm³/mol. The van der Waals surface area contributed by atoms with E-state index in [0.717, 1.165) is 17.5 Å².